The van der Waals surface area contributed by atoms with Crippen molar-refractivity contribution in [2.75, 3.05) is 23.3 Å². The fourth-order valence-corrected chi connectivity index (χ4v) is 5.99. The second kappa shape index (κ2) is 9.59. The van der Waals surface area contributed by atoms with Crippen LogP contribution in [0, 0.1) is 5.92 Å². The highest BCUT2D eigenvalue weighted by atomic mass is 16.1. The quantitative estimate of drug-likeness (QED) is 0.261. The highest BCUT2D eigenvalue weighted by Gasteiger charge is 2.23. The maximum atomic E-state index is 12.6. The zero-order valence-corrected chi connectivity index (χ0v) is 21.3. The van der Waals surface area contributed by atoms with Gasteiger partial charge in [0.05, 0.1) is 28.6 Å². The Morgan fingerprint density at radius 3 is 2.66 bits per heavy atom. The monoisotopic (exact) mass is 505 g/mol. The van der Waals surface area contributed by atoms with Gasteiger partial charge in [0.1, 0.15) is 11.2 Å². The summed E-state index contributed by atoms with van der Waals surface area (Å²) in [6.45, 7) is 2.15. The predicted molar refractivity (Wildman–Crippen MR) is 151 cm³/mol. The van der Waals surface area contributed by atoms with Gasteiger partial charge in [0, 0.05) is 36.2 Å². The highest BCUT2D eigenvalue weighted by molar-refractivity contribution is 5.98. The third-order valence-electron chi connectivity index (χ3n) is 8.04. The molecule has 1 aliphatic carbocycles. The maximum Gasteiger partial charge on any atom is 0.227 e. The van der Waals surface area contributed by atoms with Gasteiger partial charge >= 0.3 is 0 Å². The van der Waals surface area contributed by atoms with Crippen molar-refractivity contribution in [2.45, 2.75) is 44.9 Å². The first-order valence-corrected chi connectivity index (χ1v) is 13.7. The van der Waals surface area contributed by atoms with Crippen molar-refractivity contribution in [3.8, 4) is 22.6 Å². The Bertz CT molecular complexity index is 1620. The summed E-state index contributed by atoms with van der Waals surface area (Å²) < 4.78 is 0. The molecular weight excluding hydrogens is 474 g/mol. The van der Waals surface area contributed by atoms with Gasteiger partial charge in [-0.05, 0) is 68.0 Å². The lowest BCUT2D eigenvalue weighted by Gasteiger charge is -2.28. The van der Waals surface area contributed by atoms with Gasteiger partial charge in [-0.3, -0.25) is 14.9 Å². The molecule has 0 bridgehead atoms. The lowest BCUT2D eigenvalue weighted by molar-refractivity contribution is -0.119. The van der Waals surface area contributed by atoms with E-state index in [1.165, 1.54) is 24.9 Å². The normalized spacial score (nSPS) is 16.5. The van der Waals surface area contributed by atoms with Crippen molar-refractivity contribution in [2.24, 2.45) is 5.92 Å². The molecule has 5 aromatic rings. The Hall–Kier alpha value is -4.20. The number of anilines is 2. The zero-order chi connectivity index (χ0) is 25.5. The number of imidazole rings is 1. The molecule has 0 radical (unpaired) electrons. The van der Waals surface area contributed by atoms with Crippen LogP contribution in [0.4, 0.5) is 11.4 Å². The van der Waals surface area contributed by atoms with Gasteiger partial charge in [-0.1, -0.05) is 25.0 Å². The second-order valence-corrected chi connectivity index (χ2v) is 10.6. The van der Waals surface area contributed by atoms with Crippen LogP contribution in [0.2, 0.25) is 0 Å². The average molecular weight is 506 g/mol. The molecule has 8 heteroatoms. The Morgan fingerprint density at radius 1 is 0.921 bits per heavy atom. The fourth-order valence-electron chi connectivity index (χ4n) is 5.99. The van der Waals surface area contributed by atoms with Crippen LogP contribution in [0.15, 0.2) is 54.9 Å². The molecule has 1 saturated carbocycles. The van der Waals surface area contributed by atoms with Crippen LogP contribution in [0.3, 0.4) is 0 Å². The van der Waals surface area contributed by atoms with Crippen LogP contribution < -0.4 is 10.2 Å². The number of aromatic amines is 2. The molecule has 2 aliphatic rings. The number of amides is 1. The van der Waals surface area contributed by atoms with Crippen LogP contribution in [0.1, 0.15) is 44.9 Å². The first kappa shape index (κ1) is 23.0. The minimum Gasteiger partial charge on any atom is -0.370 e. The van der Waals surface area contributed by atoms with Crippen molar-refractivity contribution >= 4 is 39.2 Å². The number of hydrogen-bond donors (Lipinski definition) is 3. The maximum absolute atomic E-state index is 12.6. The average Bonchev–Trinajstić information content (AvgIpc) is 3.73. The molecule has 4 heterocycles. The van der Waals surface area contributed by atoms with Gasteiger partial charge < -0.3 is 15.2 Å². The molecule has 3 aromatic heterocycles. The smallest absolute Gasteiger partial charge is 0.227 e. The fraction of sp³-hybridized carbons (Fsp3) is 0.333. The van der Waals surface area contributed by atoms with E-state index in [9.17, 15) is 4.79 Å². The standard InChI is InChI=1S/C30H31N7O/c38-30(19-7-2-3-8-19)32-22-15-21(17-31-18-22)20-11-12-24-23(16-20)27(36-35-24)29-33-25-9-6-10-26(28(25)34-29)37-13-4-1-5-14-37/h6,9-12,15-19H,1-5,7-8,13-14H2,(H,32,38)(H,33,34)(H,35,36). The molecule has 38 heavy (non-hydrogen) atoms. The highest BCUT2D eigenvalue weighted by Crippen LogP contribution is 2.34. The molecule has 0 unspecified atom stereocenters. The number of carbonyl (C=O) groups excluding carboxylic acids is 1. The molecule has 1 amide bonds. The molecule has 7 rings (SSSR count). The second-order valence-electron chi connectivity index (χ2n) is 10.6. The molecule has 0 spiro atoms. The number of carbonyl (C=O) groups is 1. The number of para-hydroxylation sites is 1. The number of aromatic nitrogens is 5. The van der Waals surface area contributed by atoms with Gasteiger partial charge in [0.15, 0.2) is 5.82 Å². The van der Waals surface area contributed by atoms with Crippen molar-refractivity contribution in [1.82, 2.24) is 25.1 Å². The predicted octanol–water partition coefficient (Wildman–Crippen LogP) is 6.29. The van der Waals surface area contributed by atoms with E-state index in [1.807, 2.05) is 18.3 Å². The number of rotatable bonds is 5. The van der Waals surface area contributed by atoms with Crippen LogP contribution >= 0.6 is 0 Å². The van der Waals surface area contributed by atoms with Gasteiger partial charge in [0.2, 0.25) is 5.91 Å². The minimum absolute atomic E-state index is 0.0998. The number of H-pyrrole nitrogens is 2. The number of fused-ring (bicyclic) bond motifs is 2. The summed E-state index contributed by atoms with van der Waals surface area (Å²) in [6, 6.07) is 14.5. The minimum atomic E-state index is 0.0998. The number of piperidine rings is 1. The van der Waals surface area contributed by atoms with Crippen molar-refractivity contribution in [1.29, 1.82) is 0 Å². The van der Waals surface area contributed by atoms with Crippen LogP contribution in [-0.4, -0.2) is 44.1 Å². The van der Waals surface area contributed by atoms with E-state index in [-0.39, 0.29) is 11.8 Å². The third kappa shape index (κ3) is 4.20. The van der Waals surface area contributed by atoms with E-state index in [2.05, 4.69) is 60.7 Å². The van der Waals surface area contributed by atoms with Crippen LogP contribution in [0.5, 0.6) is 0 Å². The van der Waals surface area contributed by atoms with Gasteiger partial charge in [-0.2, -0.15) is 5.10 Å². The summed E-state index contributed by atoms with van der Waals surface area (Å²) in [5, 5.41) is 11.9. The number of benzene rings is 2. The Labute approximate surface area is 220 Å². The molecule has 192 valence electrons. The SMILES string of the molecule is O=C(Nc1cncc(-c2ccc3[nH]nc(-c4nc5c(N6CCCCC6)cccc5[nH]4)c3c2)c1)C1CCCC1. The van der Waals surface area contributed by atoms with Crippen molar-refractivity contribution in [3.63, 3.8) is 0 Å². The number of pyridine rings is 1. The number of nitrogens with one attached hydrogen (secondary N) is 3. The molecule has 1 saturated heterocycles. The summed E-state index contributed by atoms with van der Waals surface area (Å²) in [5.74, 6) is 0.967. The van der Waals surface area contributed by atoms with Crippen molar-refractivity contribution < 1.29 is 4.79 Å². The lowest BCUT2D eigenvalue weighted by atomic mass is 10.0. The van der Waals surface area contributed by atoms with E-state index >= 15 is 0 Å². The van der Waals surface area contributed by atoms with E-state index in [1.54, 1.807) is 6.20 Å². The Morgan fingerprint density at radius 2 is 1.79 bits per heavy atom. The summed E-state index contributed by atoms with van der Waals surface area (Å²) in [7, 11) is 0. The first-order chi connectivity index (χ1) is 18.7. The molecule has 2 fully saturated rings. The largest absolute Gasteiger partial charge is 0.370 e. The van der Waals surface area contributed by atoms with Gasteiger partial charge in [0.25, 0.3) is 0 Å². The van der Waals surface area contributed by atoms with E-state index in [4.69, 9.17) is 4.98 Å². The third-order valence-corrected chi connectivity index (χ3v) is 8.04. The summed E-state index contributed by atoms with van der Waals surface area (Å²) >= 11 is 0. The summed E-state index contributed by atoms with van der Waals surface area (Å²) in [4.78, 5) is 28.0. The Kier molecular flexibility index (Phi) is 5.80. The molecule has 2 aromatic carbocycles. The molecule has 0 atom stereocenters. The molecule has 1 aliphatic heterocycles. The van der Waals surface area contributed by atoms with Crippen molar-refractivity contribution in [3.05, 3.63) is 54.9 Å². The Balaban J connectivity index is 1.22. The van der Waals surface area contributed by atoms with Crippen LogP contribution in [-0.2, 0) is 4.79 Å². The van der Waals surface area contributed by atoms with E-state index in [0.29, 0.717) is 0 Å². The number of nitrogens with zero attached hydrogens (tertiary/aromatic N) is 4. The van der Waals surface area contributed by atoms with Gasteiger partial charge in [-0.15, -0.1) is 0 Å². The van der Waals surface area contributed by atoms with Gasteiger partial charge in [-0.25, -0.2) is 4.98 Å². The topological polar surface area (TPSA) is 103 Å². The number of hydrogen-bond acceptors (Lipinski definition) is 5. The molecular formula is C30H31N7O. The van der Waals surface area contributed by atoms with E-state index in [0.717, 1.165) is 89.0 Å². The molecule has 8 nitrogen and oxygen atoms in total. The lowest BCUT2D eigenvalue weighted by Crippen LogP contribution is -2.29. The summed E-state index contributed by atoms with van der Waals surface area (Å²) in [5.41, 5.74) is 7.62. The molecule has 3 N–H and O–H groups in total. The first-order valence-electron chi connectivity index (χ1n) is 13.7. The van der Waals surface area contributed by atoms with E-state index < -0.39 is 0 Å². The van der Waals surface area contributed by atoms with Crippen LogP contribution in [0.25, 0.3) is 44.6 Å². The summed E-state index contributed by atoms with van der Waals surface area (Å²) in [6.07, 6.45) is 11.5. The zero-order valence-electron chi connectivity index (χ0n) is 21.3.